The first kappa shape index (κ1) is 18.4. The maximum atomic E-state index is 12.2. The summed E-state index contributed by atoms with van der Waals surface area (Å²) in [6.45, 7) is 0.370. The Morgan fingerprint density at radius 1 is 1.23 bits per heavy atom. The van der Waals surface area contributed by atoms with Crippen LogP contribution in [0.1, 0.15) is 31.6 Å². The van der Waals surface area contributed by atoms with Crippen molar-refractivity contribution in [3.63, 3.8) is 0 Å². The van der Waals surface area contributed by atoms with Crippen LogP contribution in [0.25, 0.3) is 11.4 Å². The molecule has 0 bridgehead atoms. The monoisotopic (exact) mass is 377 g/mol. The van der Waals surface area contributed by atoms with Crippen molar-refractivity contribution >= 4 is 23.5 Å². The van der Waals surface area contributed by atoms with Gasteiger partial charge >= 0.3 is 5.97 Å². The second kappa shape index (κ2) is 8.31. The molecule has 3 rings (SSSR count). The Hall–Kier alpha value is -2.41. The van der Waals surface area contributed by atoms with Gasteiger partial charge in [0.25, 0.3) is 0 Å². The number of hydrogen-bond donors (Lipinski definition) is 2. The SMILES string of the molecule is O=C(O)C1CCCC(C(=O)NCCc2nc(-c3ccc(Cl)cc3)no2)C1. The molecule has 0 radical (unpaired) electrons. The van der Waals surface area contributed by atoms with Crippen LogP contribution in [0.5, 0.6) is 0 Å². The van der Waals surface area contributed by atoms with Gasteiger partial charge in [0, 0.05) is 29.5 Å². The molecule has 1 aliphatic rings. The summed E-state index contributed by atoms with van der Waals surface area (Å²) in [7, 11) is 0. The van der Waals surface area contributed by atoms with Gasteiger partial charge in [-0.2, -0.15) is 4.98 Å². The van der Waals surface area contributed by atoms with Crippen LogP contribution in [0.15, 0.2) is 28.8 Å². The first-order chi connectivity index (χ1) is 12.5. The van der Waals surface area contributed by atoms with Crippen molar-refractivity contribution in [3.8, 4) is 11.4 Å². The van der Waals surface area contributed by atoms with E-state index in [2.05, 4.69) is 15.5 Å². The number of aromatic nitrogens is 2. The third kappa shape index (κ3) is 4.60. The fourth-order valence-corrected chi connectivity index (χ4v) is 3.29. The molecule has 2 unspecified atom stereocenters. The van der Waals surface area contributed by atoms with Gasteiger partial charge in [0.1, 0.15) is 0 Å². The van der Waals surface area contributed by atoms with Crippen LogP contribution in [-0.4, -0.2) is 33.7 Å². The molecule has 8 heteroatoms. The van der Waals surface area contributed by atoms with Gasteiger partial charge in [0.15, 0.2) is 0 Å². The summed E-state index contributed by atoms with van der Waals surface area (Å²) in [5.74, 6) is -0.673. The number of nitrogens with zero attached hydrogens (tertiary/aromatic N) is 2. The van der Waals surface area contributed by atoms with Gasteiger partial charge in [-0.05, 0) is 43.5 Å². The maximum absolute atomic E-state index is 12.2. The molecule has 1 aromatic heterocycles. The summed E-state index contributed by atoms with van der Waals surface area (Å²) in [4.78, 5) is 27.6. The maximum Gasteiger partial charge on any atom is 0.306 e. The summed E-state index contributed by atoms with van der Waals surface area (Å²) in [6.07, 6.45) is 2.97. The molecule has 26 heavy (non-hydrogen) atoms. The van der Waals surface area contributed by atoms with Crippen LogP contribution in [0, 0.1) is 11.8 Å². The average molecular weight is 378 g/mol. The van der Waals surface area contributed by atoms with E-state index in [-0.39, 0.29) is 11.8 Å². The summed E-state index contributed by atoms with van der Waals surface area (Å²) in [5.41, 5.74) is 0.801. The van der Waals surface area contributed by atoms with Crippen LogP contribution >= 0.6 is 11.6 Å². The lowest BCUT2D eigenvalue weighted by atomic mass is 9.81. The van der Waals surface area contributed by atoms with Gasteiger partial charge in [-0.3, -0.25) is 9.59 Å². The van der Waals surface area contributed by atoms with Crippen molar-refractivity contribution in [2.75, 3.05) is 6.54 Å². The average Bonchev–Trinajstić information content (AvgIpc) is 3.11. The summed E-state index contributed by atoms with van der Waals surface area (Å²) < 4.78 is 5.20. The quantitative estimate of drug-likeness (QED) is 0.801. The van der Waals surface area contributed by atoms with E-state index in [1.165, 1.54) is 0 Å². The fraction of sp³-hybridized carbons (Fsp3) is 0.444. The molecule has 2 aromatic rings. The lowest BCUT2D eigenvalue weighted by Crippen LogP contribution is -2.36. The van der Waals surface area contributed by atoms with Crippen LogP contribution in [0.2, 0.25) is 5.02 Å². The predicted molar refractivity (Wildman–Crippen MR) is 94.5 cm³/mol. The Morgan fingerprint density at radius 3 is 2.69 bits per heavy atom. The number of aliphatic carboxylic acids is 1. The van der Waals surface area contributed by atoms with Crippen molar-refractivity contribution in [1.82, 2.24) is 15.5 Å². The van der Waals surface area contributed by atoms with E-state index in [0.29, 0.717) is 42.5 Å². The minimum Gasteiger partial charge on any atom is -0.481 e. The third-order valence-electron chi connectivity index (χ3n) is 4.60. The largest absolute Gasteiger partial charge is 0.481 e. The van der Waals surface area contributed by atoms with E-state index in [1.54, 1.807) is 24.3 Å². The van der Waals surface area contributed by atoms with Crippen LogP contribution in [-0.2, 0) is 16.0 Å². The highest BCUT2D eigenvalue weighted by atomic mass is 35.5. The standard InChI is InChI=1S/C18H20ClN3O4/c19-14-6-4-11(5-7-14)16-21-15(26-22-16)8-9-20-17(23)12-2-1-3-13(10-12)18(24)25/h4-7,12-13H,1-3,8-10H2,(H,20,23)(H,24,25). The molecular weight excluding hydrogens is 358 g/mol. The number of halogens is 1. The van der Waals surface area contributed by atoms with E-state index >= 15 is 0 Å². The normalized spacial score (nSPS) is 19.9. The topological polar surface area (TPSA) is 105 Å². The molecule has 1 fully saturated rings. The van der Waals surface area contributed by atoms with Crippen LogP contribution in [0.4, 0.5) is 0 Å². The molecule has 0 aliphatic heterocycles. The van der Waals surface area contributed by atoms with Gasteiger partial charge in [0.05, 0.1) is 5.92 Å². The van der Waals surface area contributed by atoms with Crippen molar-refractivity contribution in [3.05, 3.63) is 35.2 Å². The van der Waals surface area contributed by atoms with Crippen molar-refractivity contribution in [1.29, 1.82) is 0 Å². The van der Waals surface area contributed by atoms with Crippen LogP contribution < -0.4 is 5.32 Å². The molecule has 2 N–H and O–H groups in total. The van der Waals surface area contributed by atoms with Crippen molar-refractivity contribution < 1.29 is 19.2 Å². The van der Waals surface area contributed by atoms with Gasteiger partial charge in [-0.1, -0.05) is 23.2 Å². The van der Waals surface area contributed by atoms with Gasteiger partial charge < -0.3 is 14.9 Å². The molecule has 7 nitrogen and oxygen atoms in total. The number of carboxylic acids is 1. The van der Waals surface area contributed by atoms with Crippen molar-refractivity contribution in [2.24, 2.45) is 11.8 Å². The Morgan fingerprint density at radius 2 is 1.96 bits per heavy atom. The fourth-order valence-electron chi connectivity index (χ4n) is 3.16. The Labute approximate surface area is 155 Å². The molecule has 0 saturated heterocycles. The Balaban J connectivity index is 1.48. The molecule has 1 amide bonds. The third-order valence-corrected chi connectivity index (χ3v) is 4.85. The highest BCUT2D eigenvalue weighted by Crippen LogP contribution is 2.29. The lowest BCUT2D eigenvalue weighted by molar-refractivity contribution is -0.144. The number of carboxylic acid groups (broad SMARTS) is 1. The summed E-state index contributed by atoms with van der Waals surface area (Å²) >= 11 is 5.86. The smallest absolute Gasteiger partial charge is 0.306 e. The summed E-state index contributed by atoms with van der Waals surface area (Å²) in [5, 5.41) is 16.5. The number of nitrogens with one attached hydrogen (secondary N) is 1. The highest BCUT2D eigenvalue weighted by molar-refractivity contribution is 6.30. The zero-order valence-electron chi connectivity index (χ0n) is 14.2. The van der Waals surface area contributed by atoms with Crippen molar-refractivity contribution in [2.45, 2.75) is 32.1 Å². The number of carbonyl (C=O) groups is 2. The molecule has 1 aliphatic carbocycles. The first-order valence-corrected chi connectivity index (χ1v) is 9.00. The number of hydrogen-bond acceptors (Lipinski definition) is 5. The van der Waals surface area contributed by atoms with Gasteiger partial charge in [-0.15, -0.1) is 0 Å². The zero-order chi connectivity index (χ0) is 18.5. The van der Waals surface area contributed by atoms with Gasteiger partial charge in [-0.25, -0.2) is 0 Å². The van der Waals surface area contributed by atoms with E-state index in [4.69, 9.17) is 21.2 Å². The number of carbonyl (C=O) groups excluding carboxylic acids is 1. The molecular formula is C18H20ClN3O4. The van der Waals surface area contributed by atoms with E-state index < -0.39 is 11.9 Å². The van der Waals surface area contributed by atoms with Gasteiger partial charge in [0.2, 0.25) is 17.6 Å². The highest BCUT2D eigenvalue weighted by Gasteiger charge is 2.30. The lowest BCUT2D eigenvalue weighted by Gasteiger charge is -2.25. The second-order valence-electron chi connectivity index (χ2n) is 6.46. The summed E-state index contributed by atoms with van der Waals surface area (Å²) in [6, 6.07) is 7.12. The molecule has 2 atom stereocenters. The van der Waals surface area contributed by atoms with E-state index in [1.807, 2.05) is 0 Å². The molecule has 0 spiro atoms. The number of rotatable bonds is 6. The molecule has 1 aromatic carbocycles. The Bertz CT molecular complexity index is 775. The number of benzene rings is 1. The molecule has 1 heterocycles. The second-order valence-corrected chi connectivity index (χ2v) is 6.89. The zero-order valence-corrected chi connectivity index (χ0v) is 14.9. The van der Waals surface area contributed by atoms with E-state index in [0.717, 1.165) is 18.4 Å². The van der Waals surface area contributed by atoms with E-state index in [9.17, 15) is 9.59 Å². The predicted octanol–water partition coefficient (Wildman–Crippen LogP) is 2.94. The molecule has 1 saturated carbocycles. The minimum absolute atomic E-state index is 0.103. The minimum atomic E-state index is -0.817. The first-order valence-electron chi connectivity index (χ1n) is 8.62. The van der Waals surface area contributed by atoms with Crippen LogP contribution in [0.3, 0.4) is 0 Å². The molecule has 138 valence electrons. The Kier molecular flexibility index (Phi) is 5.88. The number of amides is 1.